The topological polar surface area (TPSA) is 78.0 Å². The van der Waals surface area contributed by atoms with Crippen LogP contribution in [0.5, 0.6) is 5.88 Å². The van der Waals surface area contributed by atoms with Crippen molar-refractivity contribution in [3.63, 3.8) is 0 Å². The molecule has 0 aliphatic carbocycles. The first-order chi connectivity index (χ1) is 8.95. The Bertz CT molecular complexity index is 576. The van der Waals surface area contributed by atoms with E-state index in [1.165, 1.54) is 0 Å². The first-order valence-electron chi connectivity index (χ1n) is 6.16. The number of aromatic nitrogens is 3. The number of aryl methyl sites for hydroxylation is 2. The third-order valence-electron chi connectivity index (χ3n) is 2.51. The number of nitrogens with zero attached hydrogens (tertiary/aromatic N) is 3. The van der Waals surface area contributed by atoms with Gasteiger partial charge in [0.15, 0.2) is 0 Å². The molecule has 0 atom stereocenters. The molecule has 0 fully saturated rings. The van der Waals surface area contributed by atoms with Gasteiger partial charge in [0, 0.05) is 13.2 Å². The second-order valence-electron chi connectivity index (χ2n) is 4.68. The molecule has 0 unspecified atom stereocenters. The Morgan fingerprint density at radius 3 is 2.68 bits per heavy atom. The van der Waals surface area contributed by atoms with E-state index in [9.17, 15) is 0 Å². The molecule has 6 heteroatoms. The first-order valence-corrected chi connectivity index (χ1v) is 6.16. The number of nitrogens with two attached hydrogens (primary N) is 1. The van der Waals surface area contributed by atoms with Gasteiger partial charge in [-0.1, -0.05) is 0 Å². The molecule has 0 spiro atoms. The van der Waals surface area contributed by atoms with Gasteiger partial charge >= 0.3 is 0 Å². The minimum Gasteiger partial charge on any atom is -0.473 e. The van der Waals surface area contributed by atoms with Crippen molar-refractivity contribution in [1.82, 2.24) is 14.8 Å². The van der Waals surface area contributed by atoms with Crippen molar-refractivity contribution < 1.29 is 4.74 Å². The average molecular weight is 261 g/mol. The summed E-state index contributed by atoms with van der Waals surface area (Å²) >= 11 is 0. The Balaban J connectivity index is 2.23. The summed E-state index contributed by atoms with van der Waals surface area (Å²) in [5.41, 5.74) is 8.19. The fraction of sp³-hybridized carbons (Fsp3) is 0.385. The van der Waals surface area contributed by atoms with Crippen LogP contribution < -0.4 is 15.8 Å². The lowest BCUT2D eigenvalue weighted by atomic mass is 10.3. The highest BCUT2D eigenvalue weighted by molar-refractivity contribution is 5.61. The van der Waals surface area contributed by atoms with Crippen LogP contribution in [0.15, 0.2) is 18.3 Å². The fourth-order valence-electron chi connectivity index (χ4n) is 1.70. The average Bonchev–Trinajstić information content (AvgIpc) is 2.61. The fourth-order valence-corrected chi connectivity index (χ4v) is 1.70. The molecule has 0 saturated heterocycles. The van der Waals surface area contributed by atoms with Crippen molar-refractivity contribution in [2.45, 2.75) is 26.9 Å². The van der Waals surface area contributed by atoms with Crippen molar-refractivity contribution in [1.29, 1.82) is 0 Å². The molecule has 2 aromatic rings. The standard InChI is InChI=1S/C13H19N5O/c1-8(2)19-13-10(14)5-6-12(16-13)15-11-7-18(4)17-9(11)3/h5-8H,14H2,1-4H3,(H,15,16). The Labute approximate surface area is 112 Å². The summed E-state index contributed by atoms with van der Waals surface area (Å²) in [4.78, 5) is 4.36. The van der Waals surface area contributed by atoms with E-state index < -0.39 is 0 Å². The molecule has 3 N–H and O–H groups in total. The largest absolute Gasteiger partial charge is 0.473 e. The quantitative estimate of drug-likeness (QED) is 0.882. The van der Waals surface area contributed by atoms with E-state index in [-0.39, 0.29) is 6.10 Å². The maximum absolute atomic E-state index is 5.83. The van der Waals surface area contributed by atoms with Crippen molar-refractivity contribution in [2.75, 3.05) is 11.1 Å². The van der Waals surface area contributed by atoms with E-state index in [4.69, 9.17) is 10.5 Å². The molecule has 0 radical (unpaired) electrons. The molecule has 0 aromatic carbocycles. The van der Waals surface area contributed by atoms with Gasteiger partial charge in [-0.15, -0.1) is 0 Å². The monoisotopic (exact) mass is 261 g/mol. The zero-order valence-electron chi connectivity index (χ0n) is 11.6. The molecule has 6 nitrogen and oxygen atoms in total. The minimum atomic E-state index is 0.0326. The maximum atomic E-state index is 5.83. The number of hydrogen-bond donors (Lipinski definition) is 2. The van der Waals surface area contributed by atoms with Gasteiger partial charge in [-0.05, 0) is 32.9 Å². The Morgan fingerprint density at radius 1 is 1.37 bits per heavy atom. The highest BCUT2D eigenvalue weighted by atomic mass is 16.5. The number of ether oxygens (including phenoxy) is 1. The highest BCUT2D eigenvalue weighted by Gasteiger charge is 2.08. The van der Waals surface area contributed by atoms with Crippen molar-refractivity contribution in [3.8, 4) is 5.88 Å². The molecule has 19 heavy (non-hydrogen) atoms. The predicted octanol–water partition coefficient (Wildman–Crippen LogP) is 2.24. The number of rotatable bonds is 4. The van der Waals surface area contributed by atoms with Crippen molar-refractivity contribution in [3.05, 3.63) is 24.0 Å². The third-order valence-corrected chi connectivity index (χ3v) is 2.51. The van der Waals surface area contributed by atoms with E-state index in [1.54, 1.807) is 10.7 Å². The van der Waals surface area contributed by atoms with Gasteiger partial charge in [-0.25, -0.2) is 0 Å². The van der Waals surface area contributed by atoms with Gasteiger partial charge in [0.2, 0.25) is 5.88 Å². The van der Waals surface area contributed by atoms with Gasteiger partial charge in [-0.3, -0.25) is 4.68 Å². The van der Waals surface area contributed by atoms with Crippen molar-refractivity contribution in [2.24, 2.45) is 7.05 Å². The van der Waals surface area contributed by atoms with Crippen LogP contribution in [0.3, 0.4) is 0 Å². The van der Waals surface area contributed by atoms with Crippen LogP contribution in [0, 0.1) is 6.92 Å². The van der Waals surface area contributed by atoms with Crippen molar-refractivity contribution >= 4 is 17.2 Å². The van der Waals surface area contributed by atoms with E-state index in [2.05, 4.69) is 15.4 Å². The number of nitrogen functional groups attached to an aromatic ring is 1. The zero-order chi connectivity index (χ0) is 14.0. The van der Waals surface area contributed by atoms with Crippen LogP contribution in [-0.2, 0) is 7.05 Å². The summed E-state index contributed by atoms with van der Waals surface area (Å²) in [5.74, 6) is 1.13. The van der Waals surface area contributed by atoms with Crippen LogP contribution >= 0.6 is 0 Å². The van der Waals surface area contributed by atoms with Gasteiger partial charge in [0.05, 0.1) is 23.2 Å². The Hall–Kier alpha value is -2.24. The lowest BCUT2D eigenvalue weighted by molar-refractivity contribution is 0.234. The summed E-state index contributed by atoms with van der Waals surface area (Å²) in [6, 6.07) is 3.59. The second kappa shape index (κ2) is 5.17. The van der Waals surface area contributed by atoms with Crippen LogP contribution in [0.1, 0.15) is 19.5 Å². The second-order valence-corrected chi connectivity index (χ2v) is 4.68. The maximum Gasteiger partial charge on any atom is 0.239 e. The number of anilines is 3. The first kappa shape index (κ1) is 13.2. The number of nitrogens with one attached hydrogen (secondary N) is 1. The Kier molecular flexibility index (Phi) is 3.59. The van der Waals surface area contributed by atoms with Gasteiger partial charge in [-0.2, -0.15) is 10.1 Å². The molecule has 0 amide bonds. The lowest BCUT2D eigenvalue weighted by Gasteiger charge is -2.12. The molecular weight excluding hydrogens is 242 g/mol. The molecule has 0 aliphatic heterocycles. The molecule has 2 aromatic heterocycles. The van der Waals surface area contributed by atoms with E-state index in [0.29, 0.717) is 17.4 Å². The molecule has 0 saturated carbocycles. The van der Waals surface area contributed by atoms with Crippen LogP contribution in [0.25, 0.3) is 0 Å². The molecule has 2 heterocycles. The van der Waals surface area contributed by atoms with Crippen LogP contribution in [0.4, 0.5) is 17.2 Å². The minimum absolute atomic E-state index is 0.0326. The molecule has 102 valence electrons. The van der Waals surface area contributed by atoms with E-state index in [0.717, 1.165) is 11.4 Å². The normalized spacial score (nSPS) is 10.8. The summed E-state index contributed by atoms with van der Waals surface area (Å²) in [5, 5.41) is 7.47. The molecule has 0 aliphatic rings. The number of hydrogen-bond acceptors (Lipinski definition) is 5. The van der Waals surface area contributed by atoms with E-state index in [1.807, 2.05) is 40.1 Å². The third kappa shape index (κ3) is 3.15. The Morgan fingerprint density at radius 2 is 2.11 bits per heavy atom. The van der Waals surface area contributed by atoms with Gasteiger partial charge in [0.25, 0.3) is 0 Å². The van der Waals surface area contributed by atoms with E-state index >= 15 is 0 Å². The highest BCUT2D eigenvalue weighted by Crippen LogP contribution is 2.24. The van der Waals surface area contributed by atoms with Crippen LogP contribution in [0.2, 0.25) is 0 Å². The SMILES string of the molecule is Cc1nn(C)cc1Nc1ccc(N)c(OC(C)C)n1. The summed E-state index contributed by atoms with van der Waals surface area (Å²) in [6.45, 7) is 5.81. The van der Waals surface area contributed by atoms with Crippen LogP contribution in [-0.4, -0.2) is 20.9 Å². The molecule has 2 rings (SSSR count). The summed E-state index contributed by atoms with van der Waals surface area (Å²) in [7, 11) is 1.88. The molecule has 0 bridgehead atoms. The summed E-state index contributed by atoms with van der Waals surface area (Å²) < 4.78 is 7.31. The molecular formula is C13H19N5O. The van der Waals surface area contributed by atoms with Gasteiger partial charge in [0.1, 0.15) is 5.82 Å². The summed E-state index contributed by atoms with van der Waals surface area (Å²) in [6.07, 6.45) is 1.93. The predicted molar refractivity (Wildman–Crippen MR) is 75.6 cm³/mol. The zero-order valence-corrected chi connectivity index (χ0v) is 11.6. The van der Waals surface area contributed by atoms with Gasteiger partial charge < -0.3 is 15.8 Å². The number of pyridine rings is 1. The smallest absolute Gasteiger partial charge is 0.239 e. The lowest BCUT2D eigenvalue weighted by Crippen LogP contribution is -2.09.